The minimum atomic E-state index is -2.22. The molecule has 0 bridgehead atoms. The number of rotatable bonds is 6. The molecule has 0 aliphatic heterocycles. The van der Waals surface area contributed by atoms with E-state index in [0.29, 0.717) is 0 Å². The summed E-state index contributed by atoms with van der Waals surface area (Å²) in [6.45, 7) is 2.11. The Morgan fingerprint density at radius 2 is 0.867 bits per heavy atom. The molecule has 1 unspecified atom stereocenters. The summed E-state index contributed by atoms with van der Waals surface area (Å²) in [5.74, 6) is 0.190. The Kier molecular flexibility index (Phi) is 7.37. The van der Waals surface area contributed by atoms with Gasteiger partial charge >= 0.3 is 0 Å². The maximum absolute atomic E-state index is 13.7. The number of carbonyl (C=O) groups excluding carboxylic acids is 1. The summed E-state index contributed by atoms with van der Waals surface area (Å²) < 4.78 is 0. The molecule has 0 heterocycles. The Bertz CT molecular complexity index is 970. The third kappa shape index (κ3) is 4.03. The fourth-order valence-electron chi connectivity index (χ4n) is 4.13. The van der Waals surface area contributed by atoms with Crippen LogP contribution in [0.1, 0.15) is 17.3 Å². The number of benzene rings is 4. The van der Waals surface area contributed by atoms with Crippen molar-refractivity contribution < 1.29 is 21.8 Å². The topological polar surface area (TPSA) is 17.1 Å². The Labute approximate surface area is 189 Å². The second-order valence-electron chi connectivity index (χ2n) is 7.14. The van der Waals surface area contributed by atoms with E-state index in [9.17, 15) is 4.79 Å². The Morgan fingerprint density at radius 3 is 1.20 bits per heavy atom. The lowest BCUT2D eigenvalue weighted by atomic mass is 10.1. The van der Waals surface area contributed by atoms with E-state index in [4.69, 9.17) is 0 Å². The molecule has 0 fully saturated rings. The molecule has 1 atom stereocenters. The van der Waals surface area contributed by atoms with E-state index in [-0.39, 0.29) is 28.4 Å². The van der Waals surface area contributed by atoms with Crippen LogP contribution in [0.5, 0.6) is 0 Å². The Morgan fingerprint density at radius 1 is 0.567 bits per heavy atom. The lowest BCUT2D eigenvalue weighted by Crippen LogP contribution is -3.00. The number of hydrogen-bond donors (Lipinski definition) is 0. The molecule has 4 aromatic carbocycles. The minimum absolute atomic E-state index is 0. The van der Waals surface area contributed by atoms with Crippen molar-refractivity contribution in [1.82, 2.24) is 0 Å². The van der Waals surface area contributed by atoms with Crippen LogP contribution in [-0.4, -0.2) is 11.4 Å². The SMILES string of the molecule is CC(C(=O)c1ccccc1)[P+](c1ccccc1)(c1ccccc1)c1ccccc1.[Br-]. The third-order valence-electron chi connectivity index (χ3n) is 5.51. The molecule has 4 aromatic rings. The monoisotopic (exact) mass is 474 g/mol. The molecule has 4 rings (SSSR count). The van der Waals surface area contributed by atoms with Gasteiger partial charge in [-0.3, -0.25) is 4.79 Å². The number of hydrogen-bond acceptors (Lipinski definition) is 1. The maximum Gasteiger partial charge on any atom is 0.203 e. The zero-order valence-corrected chi connectivity index (χ0v) is 19.3. The van der Waals surface area contributed by atoms with Gasteiger partial charge in [0.25, 0.3) is 0 Å². The van der Waals surface area contributed by atoms with E-state index in [1.807, 2.05) is 48.5 Å². The highest BCUT2D eigenvalue weighted by Crippen LogP contribution is 2.60. The van der Waals surface area contributed by atoms with Gasteiger partial charge in [-0.1, -0.05) is 84.9 Å². The predicted octanol–water partition coefficient (Wildman–Crippen LogP) is 2.26. The van der Waals surface area contributed by atoms with Crippen molar-refractivity contribution in [3.63, 3.8) is 0 Å². The first-order chi connectivity index (χ1) is 14.2. The van der Waals surface area contributed by atoms with Gasteiger partial charge in [-0.15, -0.1) is 0 Å². The van der Waals surface area contributed by atoms with Crippen molar-refractivity contribution in [3.05, 3.63) is 127 Å². The van der Waals surface area contributed by atoms with E-state index in [0.717, 1.165) is 5.56 Å². The second kappa shape index (κ2) is 9.98. The molecule has 3 heteroatoms. The van der Waals surface area contributed by atoms with Gasteiger partial charge in [0.2, 0.25) is 5.78 Å². The summed E-state index contributed by atoms with van der Waals surface area (Å²) in [4.78, 5) is 13.7. The Balaban J connectivity index is 0.00000256. The van der Waals surface area contributed by atoms with Gasteiger partial charge in [-0.05, 0) is 43.3 Å². The zero-order valence-electron chi connectivity index (χ0n) is 16.9. The first-order valence-corrected chi connectivity index (χ1v) is 11.7. The predicted molar refractivity (Wildman–Crippen MR) is 125 cm³/mol. The summed E-state index contributed by atoms with van der Waals surface area (Å²) in [5.41, 5.74) is 0.587. The van der Waals surface area contributed by atoms with Crippen LogP contribution in [0.2, 0.25) is 0 Å². The molecule has 0 amide bonds. The van der Waals surface area contributed by atoms with Crippen LogP contribution in [0.25, 0.3) is 0 Å². The molecule has 0 aliphatic rings. The number of carbonyl (C=O) groups is 1. The molecule has 0 saturated carbocycles. The lowest BCUT2D eigenvalue weighted by molar-refractivity contribution is -0.0000132. The van der Waals surface area contributed by atoms with Crippen molar-refractivity contribution >= 4 is 29.0 Å². The molecule has 0 N–H and O–H groups in total. The second-order valence-corrected chi connectivity index (χ2v) is 10.9. The van der Waals surface area contributed by atoms with Gasteiger partial charge < -0.3 is 17.0 Å². The molecule has 0 spiro atoms. The molecule has 0 aliphatic carbocycles. The molecular formula is C27H24BrOP. The van der Waals surface area contributed by atoms with Crippen molar-refractivity contribution in [3.8, 4) is 0 Å². The van der Waals surface area contributed by atoms with E-state index in [1.54, 1.807) is 0 Å². The van der Waals surface area contributed by atoms with Crippen LogP contribution in [0.4, 0.5) is 0 Å². The fraction of sp³-hybridized carbons (Fsp3) is 0.0741. The fourth-order valence-corrected chi connectivity index (χ4v) is 8.79. The lowest BCUT2D eigenvalue weighted by Gasteiger charge is -2.32. The highest BCUT2D eigenvalue weighted by molar-refractivity contribution is 7.96. The van der Waals surface area contributed by atoms with E-state index >= 15 is 0 Å². The van der Waals surface area contributed by atoms with Gasteiger partial charge in [0.1, 0.15) is 28.8 Å². The van der Waals surface area contributed by atoms with Crippen molar-refractivity contribution in [2.75, 3.05) is 0 Å². The van der Waals surface area contributed by atoms with E-state index in [2.05, 4.69) is 79.7 Å². The van der Waals surface area contributed by atoms with Gasteiger partial charge in [0, 0.05) is 5.56 Å². The molecule has 1 nitrogen and oxygen atoms in total. The zero-order chi connectivity index (χ0) is 20.1. The number of Topliss-reactive ketones (excluding diaryl/α,β-unsaturated/α-hetero) is 1. The first kappa shape index (κ1) is 22.2. The summed E-state index contributed by atoms with van der Waals surface area (Å²) in [6, 6.07) is 41.4. The van der Waals surface area contributed by atoms with E-state index in [1.165, 1.54) is 15.9 Å². The molecular weight excluding hydrogens is 451 g/mol. The van der Waals surface area contributed by atoms with Crippen LogP contribution in [-0.2, 0) is 0 Å². The molecule has 150 valence electrons. The average molecular weight is 475 g/mol. The van der Waals surface area contributed by atoms with Crippen LogP contribution in [0.15, 0.2) is 121 Å². The largest absolute Gasteiger partial charge is 1.00 e. The number of halogens is 1. The summed E-state index contributed by atoms with van der Waals surface area (Å²) >= 11 is 0. The maximum atomic E-state index is 13.7. The molecule has 0 radical (unpaired) electrons. The van der Waals surface area contributed by atoms with Gasteiger partial charge in [0.15, 0.2) is 0 Å². The standard InChI is InChI=1S/C27H24OP.BrH/c1-22(27(28)23-14-6-2-7-15-23)29(24-16-8-3-9-17-24,25-18-10-4-11-19-25)26-20-12-5-13-21-26;/h2-22H,1H3;1H/q+1;/p-1. The summed E-state index contributed by atoms with van der Waals surface area (Å²) in [6.07, 6.45) is 0. The highest BCUT2D eigenvalue weighted by Gasteiger charge is 2.53. The first-order valence-electron chi connectivity index (χ1n) is 9.89. The number of ketones is 1. The normalized spacial score (nSPS) is 11.9. The van der Waals surface area contributed by atoms with Gasteiger partial charge in [-0.2, -0.15) is 0 Å². The molecule has 0 saturated heterocycles. The van der Waals surface area contributed by atoms with Gasteiger partial charge in [0.05, 0.1) is 0 Å². The van der Waals surface area contributed by atoms with Crippen LogP contribution in [0.3, 0.4) is 0 Å². The van der Waals surface area contributed by atoms with Crippen molar-refractivity contribution in [2.24, 2.45) is 0 Å². The van der Waals surface area contributed by atoms with E-state index < -0.39 is 7.26 Å². The average Bonchev–Trinajstić information content (AvgIpc) is 2.82. The molecule has 0 aromatic heterocycles. The quantitative estimate of drug-likeness (QED) is 0.309. The molecule has 30 heavy (non-hydrogen) atoms. The highest BCUT2D eigenvalue weighted by atomic mass is 79.9. The van der Waals surface area contributed by atoms with Crippen molar-refractivity contribution in [2.45, 2.75) is 12.6 Å². The van der Waals surface area contributed by atoms with Gasteiger partial charge in [-0.25, -0.2) is 0 Å². The van der Waals surface area contributed by atoms with Crippen LogP contribution < -0.4 is 32.9 Å². The Hall–Kier alpha value is -2.54. The minimum Gasteiger partial charge on any atom is -1.00 e. The summed E-state index contributed by atoms with van der Waals surface area (Å²) in [7, 11) is -2.22. The van der Waals surface area contributed by atoms with Crippen LogP contribution >= 0.6 is 7.26 Å². The van der Waals surface area contributed by atoms with Crippen molar-refractivity contribution in [1.29, 1.82) is 0 Å². The third-order valence-corrected chi connectivity index (χ3v) is 10.2. The van der Waals surface area contributed by atoms with Crippen LogP contribution in [0, 0.1) is 0 Å². The summed E-state index contributed by atoms with van der Waals surface area (Å²) in [5, 5.41) is 3.69. The smallest absolute Gasteiger partial charge is 0.203 e.